The second-order valence-corrected chi connectivity index (χ2v) is 6.05. The van der Waals surface area contributed by atoms with E-state index in [1.54, 1.807) is 37.6 Å². The average molecular weight is 369 g/mol. The van der Waals surface area contributed by atoms with Gasteiger partial charge in [0.2, 0.25) is 0 Å². The maximum absolute atomic E-state index is 12.1. The summed E-state index contributed by atoms with van der Waals surface area (Å²) in [5.41, 5.74) is 1.20. The van der Waals surface area contributed by atoms with Crippen molar-refractivity contribution < 1.29 is 23.1 Å². The molecule has 3 aromatic rings. The lowest BCUT2D eigenvalue weighted by Gasteiger charge is -2.11. The Bertz CT molecular complexity index is 867. The first kappa shape index (κ1) is 18.6. The minimum Gasteiger partial charge on any atom is -0.493 e. The molecule has 142 valence electrons. The van der Waals surface area contributed by atoms with Crippen molar-refractivity contribution in [1.82, 2.24) is 5.32 Å². The Labute approximate surface area is 158 Å². The third kappa shape index (κ3) is 4.94. The van der Waals surface area contributed by atoms with Crippen molar-refractivity contribution in [2.75, 3.05) is 7.11 Å². The van der Waals surface area contributed by atoms with Gasteiger partial charge in [-0.3, -0.25) is 4.79 Å². The van der Waals surface area contributed by atoms with Gasteiger partial charge in [-0.15, -0.1) is 0 Å². The number of rotatable bonds is 9. The second-order valence-electron chi connectivity index (χ2n) is 6.05. The van der Waals surface area contributed by atoms with Crippen LogP contribution in [-0.2, 0) is 19.6 Å². The van der Waals surface area contributed by atoms with Gasteiger partial charge < -0.3 is 23.6 Å². The average Bonchev–Trinajstić information content (AvgIpc) is 3.37. The van der Waals surface area contributed by atoms with Crippen LogP contribution in [0.25, 0.3) is 0 Å². The van der Waals surface area contributed by atoms with E-state index < -0.39 is 0 Å². The van der Waals surface area contributed by atoms with Crippen LogP contribution in [0.5, 0.6) is 11.5 Å². The molecule has 0 fully saturated rings. The molecular weight excluding hydrogens is 346 g/mol. The van der Waals surface area contributed by atoms with Crippen LogP contribution in [0, 0.1) is 0 Å². The molecule has 1 aromatic carbocycles. The van der Waals surface area contributed by atoms with Crippen molar-refractivity contribution in [1.29, 1.82) is 0 Å². The van der Waals surface area contributed by atoms with E-state index in [1.165, 1.54) is 5.56 Å². The molecule has 27 heavy (non-hydrogen) atoms. The molecule has 6 heteroatoms. The van der Waals surface area contributed by atoms with E-state index in [4.69, 9.17) is 18.3 Å². The van der Waals surface area contributed by atoms with Crippen molar-refractivity contribution in [2.24, 2.45) is 0 Å². The number of furan rings is 2. The molecule has 0 unspecified atom stereocenters. The normalized spacial score (nSPS) is 10.6. The first-order valence-electron chi connectivity index (χ1n) is 8.88. The van der Waals surface area contributed by atoms with Gasteiger partial charge in [0.05, 0.1) is 19.9 Å². The molecule has 0 aliphatic heterocycles. The van der Waals surface area contributed by atoms with Crippen molar-refractivity contribution in [2.45, 2.75) is 32.9 Å². The number of nitrogens with one attached hydrogen (secondary N) is 1. The molecule has 0 radical (unpaired) electrons. The van der Waals surface area contributed by atoms with E-state index in [0.29, 0.717) is 29.6 Å². The molecule has 2 aromatic heterocycles. The van der Waals surface area contributed by atoms with Crippen molar-refractivity contribution in [3.8, 4) is 11.5 Å². The first-order valence-corrected chi connectivity index (χ1v) is 8.88. The molecule has 1 N–H and O–H groups in total. The summed E-state index contributed by atoms with van der Waals surface area (Å²) in [7, 11) is 1.62. The van der Waals surface area contributed by atoms with Crippen LogP contribution in [0.15, 0.2) is 57.6 Å². The lowest BCUT2D eigenvalue weighted by atomic mass is 10.1. The number of aryl methyl sites for hydroxylation is 1. The number of amides is 1. The number of methoxy groups -OCH3 is 1. The monoisotopic (exact) mass is 369 g/mol. The number of benzene rings is 1. The molecule has 2 heterocycles. The zero-order chi connectivity index (χ0) is 19.1. The summed E-state index contributed by atoms with van der Waals surface area (Å²) in [6.45, 7) is 2.64. The summed E-state index contributed by atoms with van der Waals surface area (Å²) in [4.78, 5) is 12.1. The summed E-state index contributed by atoms with van der Waals surface area (Å²) < 4.78 is 21.9. The third-order valence-corrected chi connectivity index (χ3v) is 4.03. The Hall–Kier alpha value is -3.15. The van der Waals surface area contributed by atoms with E-state index in [1.807, 2.05) is 18.2 Å². The first-order chi connectivity index (χ1) is 13.2. The van der Waals surface area contributed by atoms with E-state index in [0.717, 1.165) is 12.8 Å². The van der Waals surface area contributed by atoms with Gasteiger partial charge in [0.25, 0.3) is 5.91 Å². The van der Waals surface area contributed by atoms with Crippen LogP contribution >= 0.6 is 0 Å². The fourth-order valence-corrected chi connectivity index (χ4v) is 2.67. The standard InChI is InChI=1S/C21H23NO5/c1-3-5-15-7-9-18(20(12-15)24-2)26-14-17-8-10-19(27-17)21(23)22-13-16-6-4-11-25-16/h4,6-12H,3,5,13-14H2,1-2H3,(H,22,23). The predicted octanol–water partition coefficient (Wildman–Crippen LogP) is 4.34. The molecule has 6 nitrogen and oxygen atoms in total. The zero-order valence-electron chi connectivity index (χ0n) is 15.5. The van der Waals surface area contributed by atoms with Crippen molar-refractivity contribution >= 4 is 5.91 Å². The highest BCUT2D eigenvalue weighted by Gasteiger charge is 2.13. The number of hydrogen-bond acceptors (Lipinski definition) is 5. The van der Waals surface area contributed by atoms with Gasteiger partial charge in [0, 0.05) is 0 Å². The number of carbonyl (C=O) groups is 1. The Balaban J connectivity index is 1.57. The summed E-state index contributed by atoms with van der Waals surface area (Å²) >= 11 is 0. The van der Waals surface area contributed by atoms with Crippen LogP contribution in [0.2, 0.25) is 0 Å². The van der Waals surface area contributed by atoms with Gasteiger partial charge in [0.15, 0.2) is 17.3 Å². The third-order valence-electron chi connectivity index (χ3n) is 4.03. The molecule has 0 spiro atoms. The highest BCUT2D eigenvalue weighted by molar-refractivity contribution is 5.91. The fraction of sp³-hybridized carbons (Fsp3) is 0.286. The highest BCUT2D eigenvalue weighted by Crippen LogP contribution is 2.29. The Morgan fingerprint density at radius 1 is 1.11 bits per heavy atom. The van der Waals surface area contributed by atoms with Gasteiger partial charge in [-0.2, -0.15) is 0 Å². The summed E-state index contributed by atoms with van der Waals surface area (Å²) in [5, 5.41) is 2.74. The molecule has 0 bridgehead atoms. The number of hydrogen-bond donors (Lipinski definition) is 1. The van der Waals surface area contributed by atoms with Crippen LogP contribution in [-0.4, -0.2) is 13.0 Å². The SMILES string of the molecule is CCCc1ccc(OCc2ccc(C(=O)NCc3ccco3)o2)c(OC)c1. The topological polar surface area (TPSA) is 73.8 Å². The molecule has 0 saturated heterocycles. The summed E-state index contributed by atoms with van der Waals surface area (Å²) in [6, 6.07) is 12.8. The fourth-order valence-electron chi connectivity index (χ4n) is 2.67. The van der Waals surface area contributed by atoms with Crippen molar-refractivity contribution in [3.63, 3.8) is 0 Å². The van der Waals surface area contributed by atoms with Gasteiger partial charge in [-0.25, -0.2) is 0 Å². The number of ether oxygens (including phenoxy) is 2. The lowest BCUT2D eigenvalue weighted by Crippen LogP contribution is -2.21. The summed E-state index contributed by atoms with van der Waals surface area (Å²) in [6.07, 6.45) is 3.62. The largest absolute Gasteiger partial charge is 0.493 e. The molecule has 0 atom stereocenters. The Morgan fingerprint density at radius 2 is 2.00 bits per heavy atom. The summed E-state index contributed by atoms with van der Waals surface area (Å²) in [5.74, 6) is 2.47. The van der Waals surface area contributed by atoms with Crippen LogP contribution in [0.3, 0.4) is 0 Å². The van der Waals surface area contributed by atoms with E-state index in [9.17, 15) is 4.79 Å². The second kappa shape index (κ2) is 8.98. The van der Waals surface area contributed by atoms with Crippen LogP contribution < -0.4 is 14.8 Å². The predicted molar refractivity (Wildman–Crippen MR) is 99.9 cm³/mol. The zero-order valence-corrected chi connectivity index (χ0v) is 15.5. The highest BCUT2D eigenvalue weighted by atomic mass is 16.5. The van der Waals surface area contributed by atoms with Gasteiger partial charge in [-0.05, 0) is 48.4 Å². The van der Waals surface area contributed by atoms with Crippen molar-refractivity contribution in [3.05, 3.63) is 71.6 Å². The number of carbonyl (C=O) groups excluding carboxylic acids is 1. The lowest BCUT2D eigenvalue weighted by molar-refractivity contribution is 0.0916. The van der Waals surface area contributed by atoms with Gasteiger partial charge in [0.1, 0.15) is 18.1 Å². The Kier molecular flexibility index (Phi) is 6.20. The van der Waals surface area contributed by atoms with E-state index >= 15 is 0 Å². The minimum atomic E-state index is -0.306. The molecule has 1 amide bonds. The maximum atomic E-state index is 12.1. The smallest absolute Gasteiger partial charge is 0.287 e. The molecule has 0 aliphatic rings. The van der Waals surface area contributed by atoms with Crippen LogP contribution in [0.4, 0.5) is 0 Å². The van der Waals surface area contributed by atoms with Crippen LogP contribution in [0.1, 0.15) is 41.0 Å². The van der Waals surface area contributed by atoms with E-state index in [2.05, 4.69) is 12.2 Å². The van der Waals surface area contributed by atoms with Gasteiger partial charge >= 0.3 is 0 Å². The minimum absolute atomic E-state index is 0.203. The molecule has 3 rings (SSSR count). The van der Waals surface area contributed by atoms with E-state index in [-0.39, 0.29) is 18.3 Å². The molecule has 0 saturated carbocycles. The quantitative estimate of drug-likeness (QED) is 0.607. The molecular formula is C21H23NO5. The Morgan fingerprint density at radius 3 is 2.74 bits per heavy atom. The molecule has 0 aliphatic carbocycles. The van der Waals surface area contributed by atoms with Gasteiger partial charge in [-0.1, -0.05) is 19.4 Å². The maximum Gasteiger partial charge on any atom is 0.287 e.